The smallest absolute Gasteiger partial charge is 0.408 e. The highest BCUT2D eigenvalue weighted by molar-refractivity contribution is 5.92. The van der Waals surface area contributed by atoms with Crippen LogP contribution in [0.1, 0.15) is 116 Å². The van der Waals surface area contributed by atoms with Gasteiger partial charge < -0.3 is 20.3 Å². The van der Waals surface area contributed by atoms with Gasteiger partial charge in [0.15, 0.2) is 0 Å². The third kappa shape index (κ3) is 9.63. The molecule has 0 radical (unpaired) electrons. The van der Waals surface area contributed by atoms with Crippen LogP contribution in [0.3, 0.4) is 0 Å². The lowest BCUT2D eigenvalue weighted by Crippen LogP contribution is -2.56. The maximum Gasteiger partial charge on any atom is 0.408 e. The molecule has 3 unspecified atom stereocenters. The van der Waals surface area contributed by atoms with Gasteiger partial charge in [-0.05, 0) is 64.0 Å². The highest BCUT2D eigenvalue weighted by Gasteiger charge is 2.39. The van der Waals surface area contributed by atoms with Crippen LogP contribution in [0, 0.1) is 12.8 Å². The van der Waals surface area contributed by atoms with Crippen molar-refractivity contribution in [3.8, 4) is 0 Å². The second-order valence-corrected chi connectivity index (χ2v) is 11.9. The monoisotopic (exact) mass is 529 g/mol. The minimum atomic E-state index is -0.800. The Bertz CT molecular complexity index is 905. The Kier molecular flexibility index (Phi) is 12.6. The number of amides is 3. The van der Waals surface area contributed by atoms with E-state index < -0.39 is 23.8 Å². The van der Waals surface area contributed by atoms with Gasteiger partial charge in [0.2, 0.25) is 11.8 Å². The van der Waals surface area contributed by atoms with Crippen LogP contribution in [0.4, 0.5) is 4.79 Å². The summed E-state index contributed by atoms with van der Waals surface area (Å²) < 4.78 is 5.50. The quantitative estimate of drug-likeness (QED) is 0.305. The second kappa shape index (κ2) is 15.1. The first kappa shape index (κ1) is 31.6. The summed E-state index contributed by atoms with van der Waals surface area (Å²) in [5.41, 5.74) is 1.10. The Labute approximate surface area is 230 Å². The minimum absolute atomic E-state index is 0.126. The van der Waals surface area contributed by atoms with Crippen LogP contribution in [0.2, 0.25) is 0 Å². The summed E-state index contributed by atoms with van der Waals surface area (Å²) in [6.45, 7) is 13.9. The van der Waals surface area contributed by atoms with Crippen LogP contribution in [0.25, 0.3) is 0 Å². The predicted octanol–water partition coefficient (Wildman–Crippen LogP) is 6.44. The van der Waals surface area contributed by atoms with Crippen LogP contribution in [0.15, 0.2) is 24.3 Å². The number of nitrogens with zero attached hydrogens (tertiary/aromatic N) is 1. The molecule has 3 atom stereocenters. The standard InChI is InChI=1S/C31H51N3O4/c1-8-10-16-21-34(29(36)26(22(3)9-2)33-30(37)38-31(5,6)7)27(25-20-15-14-17-23(25)4)28(35)32-24-18-12-11-13-19-24/h14-15,17,20,22,24,26-27H,8-13,16,18-19,21H2,1-7H3,(H,32,35)(H,33,37). The molecule has 7 heteroatoms. The lowest BCUT2D eigenvalue weighted by molar-refractivity contribution is -0.144. The van der Waals surface area contributed by atoms with Crippen molar-refractivity contribution in [2.45, 2.75) is 130 Å². The molecule has 2 rings (SSSR count). The first-order chi connectivity index (χ1) is 18.0. The molecule has 214 valence electrons. The van der Waals surface area contributed by atoms with E-state index in [2.05, 4.69) is 17.6 Å². The first-order valence-corrected chi connectivity index (χ1v) is 14.6. The lowest BCUT2D eigenvalue weighted by atomic mass is 9.92. The van der Waals surface area contributed by atoms with Gasteiger partial charge in [0, 0.05) is 12.6 Å². The zero-order valence-corrected chi connectivity index (χ0v) is 24.8. The molecule has 1 aromatic carbocycles. The van der Waals surface area contributed by atoms with Crippen molar-refractivity contribution in [2.24, 2.45) is 5.92 Å². The summed E-state index contributed by atoms with van der Waals surface area (Å²) >= 11 is 0. The van der Waals surface area contributed by atoms with E-state index in [4.69, 9.17) is 4.74 Å². The molecule has 0 aromatic heterocycles. The topological polar surface area (TPSA) is 87.7 Å². The van der Waals surface area contributed by atoms with Gasteiger partial charge in [-0.15, -0.1) is 0 Å². The molecule has 1 aliphatic carbocycles. The fourth-order valence-corrected chi connectivity index (χ4v) is 5.07. The number of rotatable bonds is 12. The molecule has 1 aromatic rings. The maximum atomic E-state index is 14.3. The number of ether oxygens (including phenoxy) is 1. The Morgan fingerprint density at radius 3 is 2.29 bits per heavy atom. The van der Waals surface area contributed by atoms with E-state index in [1.165, 1.54) is 6.42 Å². The molecule has 1 fully saturated rings. The third-order valence-electron chi connectivity index (χ3n) is 7.43. The lowest BCUT2D eigenvalue weighted by Gasteiger charge is -2.37. The molecule has 3 amide bonds. The van der Waals surface area contributed by atoms with Gasteiger partial charge in [0.25, 0.3) is 0 Å². The van der Waals surface area contributed by atoms with E-state index >= 15 is 0 Å². The van der Waals surface area contributed by atoms with Crippen molar-refractivity contribution in [1.29, 1.82) is 0 Å². The van der Waals surface area contributed by atoms with Crippen molar-refractivity contribution >= 4 is 17.9 Å². The van der Waals surface area contributed by atoms with E-state index in [9.17, 15) is 14.4 Å². The fraction of sp³-hybridized carbons (Fsp3) is 0.710. The molecule has 1 aliphatic rings. The van der Waals surface area contributed by atoms with Gasteiger partial charge in [-0.2, -0.15) is 0 Å². The van der Waals surface area contributed by atoms with Crippen molar-refractivity contribution in [3.63, 3.8) is 0 Å². The molecule has 0 spiro atoms. The molecule has 0 saturated heterocycles. The zero-order valence-electron chi connectivity index (χ0n) is 24.8. The fourth-order valence-electron chi connectivity index (χ4n) is 5.07. The molecule has 38 heavy (non-hydrogen) atoms. The highest BCUT2D eigenvalue weighted by Crippen LogP contribution is 2.28. The van der Waals surface area contributed by atoms with E-state index in [1.807, 2.05) is 45.0 Å². The summed E-state index contributed by atoms with van der Waals surface area (Å²) in [6.07, 6.45) is 8.13. The Morgan fingerprint density at radius 2 is 1.71 bits per heavy atom. The van der Waals surface area contributed by atoms with Crippen molar-refractivity contribution in [2.75, 3.05) is 6.54 Å². The number of benzene rings is 1. The van der Waals surface area contributed by atoms with Crippen LogP contribution in [0.5, 0.6) is 0 Å². The molecule has 7 nitrogen and oxygen atoms in total. The molecular formula is C31H51N3O4. The van der Waals surface area contributed by atoms with E-state index in [1.54, 1.807) is 25.7 Å². The third-order valence-corrected chi connectivity index (χ3v) is 7.43. The number of hydrogen-bond acceptors (Lipinski definition) is 4. The molecule has 2 N–H and O–H groups in total. The van der Waals surface area contributed by atoms with Crippen LogP contribution in [-0.4, -0.2) is 47.0 Å². The highest BCUT2D eigenvalue weighted by atomic mass is 16.6. The largest absolute Gasteiger partial charge is 0.444 e. The van der Waals surface area contributed by atoms with Crippen molar-refractivity contribution in [1.82, 2.24) is 15.5 Å². The number of carbonyl (C=O) groups is 3. The molecule has 0 aliphatic heterocycles. The Morgan fingerprint density at radius 1 is 1.05 bits per heavy atom. The molecule has 0 heterocycles. The van der Waals surface area contributed by atoms with E-state index in [0.29, 0.717) is 13.0 Å². The van der Waals surface area contributed by atoms with Crippen molar-refractivity contribution < 1.29 is 19.1 Å². The second-order valence-electron chi connectivity index (χ2n) is 11.9. The molecular weight excluding hydrogens is 478 g/mol. The van der Waals surface area contributed by atoms with Crippen LogP contribution < -0.4 is 10.6 Å². The predicted molar refractivity (Wildman–Crippen MR) is 153 cm³/mol. The minimum Gasteiger partial charge on any atom is -0.444 e. The summed E-state index contributed by atoms with van der Waals surface area (Å²) in [4.78, 5) is 42.8. The number of carbonyl (C=O) groups excluding carboxylic acids is 3. The first-order valence-electron chi connectivity index (χ1n) is 14.6. The molecule has 1 saturated carbocycles. The van der Waals surface area contributed by atoms with Gasteiger partial charge in [0.05, 0.1) is 0 Å². The number of unbranched alkanes of at least 4 members (excludes halogenated alkanes) is 2. The maximum absolute atomic E-state index is 14.3. The number of hydrogen-bond donors (Lipinski definition) is 2. The van der Waals surface area contributed by atoms with Crippen LogP contribution >= 0.6 is 0 Å². The summed E-state index contributed by atoms with van der Waals surface area (Å²) in [5, 5.41) is 6.13. The number of nitrogens with one attached hydrogen (secondary N) is 2. The Hall–Kier alpha value is -2.57. The summed E-state index contributed by atoms with van der Waals surface area (Å²) in [6, 6.07) is 6.35. The normalized spacial score (nSPS) is 16.7. The van der Waals surface area contributed by atoms with Gasteiger partial charge in [-0.1, -0.05) is 83.6 Å². The van der Waals surface area contributed by atoms with Gasteiger partial charge >= 0.3 is 6.09 Å². The van der Waals surface area contributed by atoms with Gasteiger partial charge in [0.1, 0.15) is 17.7 Å². The van der Waals surface area contributed by atoms with E-state index in [0.717, 1.165) is 56.1 Å². The van der Waals surface area contributed by atoms with Gasteiger partial charge in [-0.25, -0.2) is 4.79 Å². The average molecular weight is 530 g/mol. The number of aryl methyl sites for hydroxylation is 1. The van der Waals surface area contributed by atoms with Gasteiger partial charge in [-0.3, -0.25) is 9.59 Å². The summed E-state index contributed by atoms with van der Waals surface area (Å²) in [5.74, 6) is -0.521. The average Bonchev–Trinajstić information content (AvgIpc) is 2.86. The van der Waals surface area contributed by atoms with Crippen LogP contribution in [-0.2, 0) is 14.3 Å². The van der Waals surface area contributed by atoms with E-state index in [-0.39, 0.29) is 23.8 Å². The molecule has 0 bridgehead atoms. The Balaban J connectivity index is 2.49. The van der Waals surface area contributed by atoms with Crippen molar-refractivity contribution in [3.05, 3.63) is 35.4 Å². The SMILES string of the molecule is CCCCCN(C(=O)C(NC(=O)OC(C)(C)C)C(C)CC)C(C(=O)NC1CCCCC1)c1ccccc1C. The summed E-state index contributed by atoms with van der Waals surface area (Å²) in [7, 11) is 0. The number of alkyl carbamates (subject to hydrolysis) is 1. The zero-order chi connectivity index (χ0) is 28.3.